The van der Waals surface area contributed by atoms with Crippen LogP contribution < -0.4 is 5.32 Å². The molecule has 0 aromatic carbocycles. The number of carbonyl (C=O) groups excluding carboxylic acids is 1. The zero-order chi connectivity index (χ0) is 11.2. The second kappa shape index (κ2) is 7.93. The van der Waals surface area contributed by atoms with Crippen molar-refractivity contribution in [3.8, 4) is 0 Å². The van der Waals surface area contributed by atoms with E-state index in [1.807, 2.05) is 0 Å². The van der Waals surface area contributed by atoms with Crippen molar-refractivity contribution in [3.63, 3.8) is 0 Å². The zero-order valence-corrected chi connectivity index (χ0v) is 11.4. The van der Waals surface area contributed by atoms with Crippen molar-refractivity contribution in [2.24, 2.45) is 5.92 Å². The van der Waals surface area contributed by atoms with Crippen LogP contribution in [-0.2, 0) is 4.79 Å². The Labute approximate surface area is 111 Å². The molecule has 2 aliphatic rings. The van der Waals surface area contributed by atoms with E-state index in [1.165, 1.54) is 32.1 Å². The van der Waals surface area contributed by atoms with Crippen molar-refractivity contribution in [1.82, 2.24) is 10.2 Å². The Morgan fingerprint density at radius 3 is 2.59 bits per heavy atom. The van der Waals surface area contributed by atoms with Crippen LogP contribution in [0.4, 0.5) is 0 Å². The number of amides is 1. The quantitative estimate of drug-likeness (QED) is 0.826. The van der Waals surface area contributed by atoms with E-state index in [4.69, 9.17) is 0 Å². The molecule has 0 spiro atoms. The van der Waals surface area contributed by atoms with Crippen LogP contribution in [-0.4, -0.2) is 37.0 Å². The van der Waals surface area contributed by atoms with Crippen LogP contribution in [0.1, 0.15) is 44.9 Å². The Morgan fingerprint density at radius 2 is 1.82 bits per heavy atom. The van der Waals surface area contributed by atoms with Gasteiger partial charge in [0.25, 0.3) is 0 Å². The Balaban J connectivity index is 0.00000144. The van der Waals surface area contributed by atoms with Crippen molar-refractivity contribution < 1.29 is 4.79 Å². The maximum absolute atomic E-state index is 12.1. The molecule has 0 aromatic rings. The normalized spacial score (nSPS) is 22.7. The first-order valence-corrected chi connectivity index (χ1v) is 6.85. The van der Waals surface area contributed by atoms with Gasteiger partial charge in [-0.05, 0) is 31.7 Å². The average molecular weight is 261 g/mol. The lowest BCUT2D eigenvalue weighted by Gasteiger charge is -2.25. The standard InChI is InChI=1S/C13H24N2O.ClH/c16-13(11-12-5-2-1-3-6-12)15-9-4-7-14-8-10-15;/h12,14H,1-11H2;1H. The van der Waals surface area contributed by atoms with Gasteiger partial charge in [-0.25, -0.2) is 0 Å². The molecule has 1 aliphatic heterocycles. The van der Waals surface area contributed by atoms with Crippen LogP contribution in [0.5, 0.6) is 0 Å². The Kier molecular flexibility index (Phi) is 6.90. The fourth-order valence-corrected chi connectivity index (χ4v) is 2.86. The van der Waals surface area contributed by atoms with Crippen LogP contribution in [0.25, 0.3) is 0 Å². The number of halogens is 1. The summed E-state index contributed by atoms with van der Waals surface area (Å²) in [6.45, 7) is 3.90. The van der Waals surface area contributed by atoms with E-state index in [-0.39, 0.29) is 12.4 Å². The summed E-state index contributed by atoms with van der Waals surface area (Å²) in [6, 6.07) is 0. The molecule has 1 saturated heterocycles. The zero-order valence-electron chi connectivity index (χ0n) is 10.6. The molecule has 1 heterocycles. The van der Waals surface area contributed by atoms with Crippen LogP contribution in [0.2, 0.25) is 0 Å². The third-order valence-corrected chi connectivity index (χ3v) is 3.88. The summed E-state index contributed by atoms with van der Waals surface area (Å²) in [5, 5.41) is 3.34. The smallest absolute Gasteiger partial charge is 0.222 e. The van der Waals surface area contributed by atoms with Gasteiger partial charge in [0.15, 0.2) is 0 Å². The molecule has 0 radical (unpaired) electrons. The van der Waals surface area contributed by atoms with Crippen molar-refractivity contribution in [1.29, 1.82) is 0 Å². The van der Waals surface area contributed by atoms with Gasteiger partial charge in [-0.3, -0.25) is 4.79 Å². The highest BCUT2D eigenvalue weighted by Gasteiger charge is 2.21. The number of nitrogens with zero attached hydrogens (tertiary/aromatic N) is 1. The summed E-state index contributed by atoms with van der Waals surface area (Å²) < 4.78 is 0. The van der Waals surface area contributed by atoms with Gasteiger partial charge in [0, 0.05) is 26.1 Å². The maximum Gasteiger partial charge on any atom is 0.222 e. The summed E-state index contributed by atoms with van der Waals surface area (Å²) >= 11 is 0. The summed E-state index contributed by atoms with van der Waals surface area (Å²) in [4.78, 5) is 14.2. The van der Waals surface area contributed by atoms with E-state index in [1.54, 1.807) is 0 Å². The fourth-order valence-electron chi connectivity index (χ4n) is 2.86. The lowest BCUT2D eigenvalue weighted by Crippen LogP contribution is -2.35. The number of rotatable bonds is 2. The number of carbonyl (C=O) groups is 1. The Bertz CT molecular complexity index is 221. The molecule has 2 rings (SSSR count). The highest BCUT2D eigenvalue weighted by molar-refractivity contribution is 5.85. The van der Waals surface area contributed by atoms with Crippen LogP contribution in [0.15, 0.2) is 0 Å². The van der Waals surface area contributed by atoms with Gasteiger partial charge < -0.3 is 10.2 Å². The number of hydrogen-bond acceptors (Lipinski definition) is 2. The maximum atomic E-state index is 12.1. The fraction of sp³-hybridized carbons (Fsp3) is 0.923. The molecule has 0 aromatic heterocycles. The first-order valence-electron chi connectivity index (χ1n) is 6.85. The second-order valence-corrected chi connectivity index (χ2v) is 5.19. The molecule has 0 unspecified atom stereocenters. The van der Waals surface area contributed by atoms with Gasteiger partial charge in [0.05, 0.1) is 0 Å². The van der Waals surface area contributed by atoms with Crippen molar-refractivity contribution in [2.45, 2.75) is 44.9 Å². The molecule has 4 heteroatoms. The van der Waals surface area contributed by atoms with E-state index in [0.29, 0.717) is 11.8 Å². The number of nitrogens with one attached hydrogen (secondary N) is 1. The first kappa shape index (κ1) is 14.8. The summed E-state index contributed by atoms with van der Waals surface area (Å²) in [7, 11) is 0. The molecule has 1 N–H and O–H groups in total. The van der Waals surface area contributed by atoms with E-state index in [0.717, 1.165) is 39.0 Å². The highest BCUT2D eigenvalue weighted by atomic mass is 35.5. The van der Waals surface area contributed by atoms with Crippen molar-refractivity contribution >= 4 is 18.3 Å². The molecule has 2 fully saturated rings. The third kappa shape index (κ3) is 4.84. The van der Waals surface area contributed by atoms with Crippen LogP contribution in [0.3, 0.4) is 0 Å². The molecule has 1 saturated carbocycles. The van der Waals surface area contributed by atoms with E-state index in [2.05, 4.69) is 10.2 Å². The molecule has 0 atom stereocenters. The van der Waals surface area contributed by atoms with Gasteiger partial charge in [0.2, 0.25) is 5.91 Å². The molecule has 17 heavy (non-hydrogen) atoms. The van der Waals surface area contributed by atoms with E-state index >= 15 is 0 Å². The highest BCUT2D eigenvalue weighted by Crippen LogP contribution is 2.26. The van der Waals surface area contributed by atoms with Crippen molar-refractivity contribution in [2.75, 3.05) is 26.2 Å². The number of hydrogen-bond donors (Lipinski definition) is 1. The van der Waals surface area contributed by atoms with Crippen LogP contribution >= 0.6 is 12.4 Å². The SMILES string of the molecule is Cl.O=C(CC1CCCCC1)N1CCCNCC1. The summed E-state index contributed by atoms with van der Waals surface area (Å²) in [6.07, 6.45) is 8.50. The minimum Gasteiger partial charge on any atom is -0.341 e. The third-order valence-electron chi connectivity index (χ3n) is 3.88. The van der Waals surface area contributed by atoms with Crippen LogP contribution in [0, 0.1) is 5.92 Å². The molecule has 1 aliphatic carbocycles. The van der Waals surface area contributed by atoms with Gasteiger partial charge in [0.1, 0.15) is 0 Å². The Morgan fingerprint density at radius 1 is 1.06 bits per heavy atom. The summed E-state index contributed by atoms with van der Waals surface area (Å²) in [5.41, 5.74) is 0. The largest absolute Gasteiger partial charge is 0.341 e. The summed E-state index contributed by atoms with van der Waals surface area (Å²) in [5.74, 6) is 1.08. The van der Waals surface area contributed by atoms with Gasteiger partial charge in [-0.15, -0.1) is 12.4 Å². The van der Waals surface area contributed by atoms with Gasteiger partial charge in [-0.2, -0.15) is 0 Å². The Hall–Kier alpha value is -0.280. The minimum absolute atomic E-state index is 0. The molecule has 1 amide bonds. The minimum atomic E-state index is 0. The lowest BCUT2D eigenvalue weighted by atomic mass is 9.86. The molecule has 3 nitrogen and oxygen atoms in total. The lowest BCUT2D eigenvalue weighted by molar-refractivity contribution is -0.132. The predicted molar refractivity (Wildman–Crippen MR) is 72.5 cm³/mol. The van der Waals surface area contributed by atoms with Gasteiger partial charge >= 0.3 is 0 Å². The first-order chi connectivity index (χ1) is 7.86. The molecular weight excluding hydrogens is 236 g/mol. The second-order valence-electron chi connectivity index (χ2n) is 5.19. The predicted octanol–water partition coefficient (Wildman–Crippen LogP) is 2.20. The molecular formula is C13H25ClN2O. The van der Waals surface area contributed by atoms with Gasteiger partial charge in [-0.1, -0.05) is 19.3 Å². The van der Waals surface area contributed by atoms with E-state index in [9.17, 15) is 4.79 Å². The topological polar surface area (TPSA) is 32.3 Å². The van der Waals surface area contributed by atoms with E-state index < -0.39 is 0 Å². The molecule has 0 bridgehead atoms. The average Bonchev–Trinajstić information content (AvgIpc) is 2.59. The molecule has 100 valence electrons. The van der Waals surface area contributed by atoms with Crippen molar-refractivity contribution in [3.05, 3.63) is 0 Å². The monoisotopic (exact) mass is 260 g/mol.